The van der Waals surface area contributed by atoms with Crippen LogP contribution in [-0.4, -0.2) is 47.8 Å². The van der Waals surface area contributed by atoms with Crippen molar-refractivity contribution in [2.45, 2.75) is 47.1 Å². The summed E-state index contributed by atoms with van der Waals surface area (Å²) in [5, 5.41) is 0. The molecule has 0 saturated carbocycles. The lowest BCUT2D eigenvalue weighted by molar-refractivity contribution is 0.0963. The van der Waals surface area contributed by atoms with E-state index < -0.39 is 0 Å². The van der Waals surface area contributed by atoms with Gasteiger partial charge in [0.15, 0.2) is 5.75 Å². The van der Waals surface area contributed by atoms with Gasteiger partial charge >= 0.3 is 0 Å². The van der Waals surface area contributed by atoms with Gasteiger partial charge in [0, 0.05) is 42.0 Å². The van der Waals surface area contributed by atoms with E-state index >= 15 is 0 Å². The van der Waals surface area contributed by atoms with Gasteiger partial charge in [0.05, 0.1) is 18.3 Å². The Morgan fingerprint density at radius 3 is 2.61 bits per heavy atom. The molecule has 0 amide bonds. The van der Waals surface area contributed by atoms with Crippen LogP contribution in [0.5, 0.6) is 17.4 Å². The predicted molar refractivity (Wildman–Crippen MR) is 124 cm³/mol. The Morgan fingerprint density at radius 2 is 1.87 bits per heavy atom. The first-order valence-corrected chi connectivity index (χ1v) is 10.3. The van der Waals surface area contributed by atoms with Gasteiger partial charge in [-0.3, -0.25) is 9.88 Å². The number of pyridine rings is 2. The van der Waals surface area contributed by atoms with Crippen molar-refractivity contribution in [2.75, 3.05) is 32.9 Å². The Kier molecular flexibility index (Phi) is 8.94. The Labute approximate surface area is 191 Å². The minimum Gasteiger partial charge on any atom is -0.493 e. The van der Waals surface area contributed by atoms with Crippen LogP contribution in [0.1, 0.15) is 50.3 Å². The molecule has 0 unspecified atom stereocenters. The third kappa shape index (κ3) is 6.01. The maximum atomic E-state index is 14.7. The van der Waals surface area contributed by atoms with Gasteiger partial charge in [-0.05, 0) is 40.2 Å². The van der Waals surface area contributed by atoms with Crippen molar-refractivity contribution in [2.24, 2.45) is 5.92 Å². The Bertz CT molecular complexity index is 863. The number of likely N-dealkylation sites (tertiary alicyclic amines) is 1. The number of nitrogens with zero attached hydrogens (tertiary/aromatic N) is 3. The normalized spacial score (nSPS) is 19.0. The van der Waals surface area contributed by atoms with E-state index in [0.29, 0.717) is 43.1 Å². The summed E-state index contributed by atoms with van der Waals surface area (Å²) in [6, 6.07) is 5.18. The maximum absolute atomic E-state index is 14.7. The third-order valence-corrected chi connectivity index (χ3v) is 5.55. The number of hydrogen-bond acceptors (Lipinski definition) is 6. The van der Waals surface area contributed by atoms with E-state index in [4.69, 9.17) is 14.2 Å². The van der Waals surface area contributed by atoms with E-state index in [2.05, 4.69) is 14.9 Å². The fraction of sp³-hybridized carbons (Fsp3) is 0.565. The number of halogens is 1. The van der Waals surface area contributed by atoms with Crippen molar-refractivity contribution in [3.63, 3.8) is 0 Å². The lowest BCUT2D eigenvalue weighted by Gasteiger charge is -2.36. The average Bonchev–Trinajstić information content (AvgIpc) is 2.71. The summed E-state index contributed by atoms with van der Waals surface area (Å²) in [5.41, 5.74) is 2.33. The van der Waals surface area contributed by atoms with Crippen LogP contribution < -0.4 is 14.2 Å². The van der Waals surface area contributed by atoms with Gasteiger partial charge in [0.25, 0.3) is 5.88 Å². The van der Waals surface area contributed by atoms with E-state index in [1.54, 1.807) is 0 Å². The van der Waals surface area contributed by atoms with Crippen molar-refractivity contribution in [3.05, 3.63) is 41.1 Å². The van der Waals surface area contributed by atoms with Crippen molar-refractivity contribution in [1.82, 2.24) is 14.9 Å². The van der Waals surface area contributed by atoms with Crippen molar-refractivity contribution in [3.8, 4) is 17.4 Å². The summed E-state index contributed by atoms with van der Waals surface area (Å²) in [6.45, 7) is 9.21. The highest BCUT2D eigenvalue weighted by atomic mass is 32.1. The lowest BCUT2D eigenvalue weighted by Crippen LogP contribution is -2.39. The molecule has 0 aromatic carbocycles. The van der Waals surface area contributed by atoms with Gasteiger partial charge in [-0.1, -0.05) is 7.43 Å². The highest BCUT2D eigenvalue weighted by Crippen LogP contribution is 2.34. The predicted octanol–water partition coefficient (Wildman–Crippen LogP) is 4.60. The number of aryl methyl sites for hydroxylation is 2. The molecule has 0 aliphatic carbocycles. The molecule has 1 saturated heterocycles. The van der Waals surface area contributed by atoms with Crippen LogP contribution in [0.2, 0.25) is 0 Å². The summed E-state index contributed by atoms with van der Waals surface area (Å²) >= 11 is 0. The molecule has 6 nitrogen and oxygen atoms in total. The molecule has 31 heavy (non-hydrogen) atoms. The van der Waals surface area contributed by atoms with E-state index in [1.165, 1.54) is 6.07 Å². The van der Waals surface area contributed by atoms with Crippen LogP contribution in [0.3, 0.4) is 0 Å². The van der Waals surface area contributed by atoms with Crippen molar-refractivity contribution >= 4 is 13.5 Å². The van der Waals surface area contributed by atoms with Gasteiger partial charge in [0.1, 0.15) is 24.8 Å². The number of hydrogen-bond donors (Lipinski definition) is 0. The van der Waals surface area contributed by atoms with Gasteiger partial charge in [-0.25, -0.2) is 9.37 Å². The summed E-state index contributed by atoms with van der Waals surface area (Å²) in [7, 11) is 0. The topological polar surface area (TPSA) is 56.7 Å². The Morgan fingerprint density at radius 1 is 1.16 bits per heavy atom. The van der Waals surface area contributed by atoms with Crippen LogP contribution in [0.15, 0.2) is 18.2 Å². The second-order valence-corrected chi connectivity index (χ2v) is 7.93. The third-order valence-electron chi connectivity index (χ3n) is 5.55. The van der Waals surface area contributed by atoms with Gasteiger partial charge in [-0.2, -0.15) is 13.5 Å². The molecular formula is C23H34FN3O3S. The zero-order valence-corrected chi connectivity index (χ0v) is 18.8. The van der Waals surface area contributed by atoms with Crippen molar-refractivity contribution < 1.29 is 18.6 Å². The molecule has 8 heteroatoms. The summed E-state index contributed by atoms with van der Waals surface area (Å²) in [5.74, 6) is 1.68. The number of piperidine rings is 1. The maximum Gasteiger partial charge on any atom is 0.257 e. The first kappa shape index (κ1) is 25.2. The summed E-state index contributed by atoms with van der Waals surface area (Å²) in [6.07, 6.45) is 2.16. The van der Waals surface area contributed by atoms with Crippen LogP contribution in [0, 0.1) is 25.6 Å². The number of aromatic nitrogens is 2. The highest BCUT2D eigenvalue weighted by Gasteiger charge is 2.29. The minimum atomic E-state index is -0.345. The largest absolute Gasteiger partial charge is 0.493 e. The van der Waals surface area contributed by atoms with E-state index in [9.17, 15) is 4.39 Å². The Balaban J connectivity index is 0.00000171. The number of fused-ring (bicyclic) bond motifs is 1. The molecule has 2 atom stereocenters. The standard InChI is InChI=1S/C22H28FN3O3.CH4.H2S/c1-14-9-18(10-15(2)24-14)29-13-17-5-4-6-26(12-17)16(3)21-19(23)11-20-22(25-21)28-8-7-27-20;;/h9-11,16-17H,4-8,12-13H2,1-3H3;1H4;1H2/t16-,17+;;/m1../s1. The molecule has 4 rings (SSSR count). The zero-order valence-electron chi connectivity index (χ0n) is 17.8. The van der Waals surface area contributed by atoms with Crippen LogP contribution in [0.25, 0.3) is 0 Å². The van der Waals surface area contributed by atoms with Crippen LogP contribution in [0.4, 0.5) is 4.39 Å². The van der Waals surface area contributed by atoms with Gasteiger partial charge < -0.3 is 14.2 Å². The number of rotatable bonds is 5. The molecule has 2 aromatic heterocycles. The van der Waals surface area contributed by atoms with Gasteiger partial charge in [0.2, 0.25) is 0 Å². The minimum absolute atomic E-state index is 0. The van der Waals surface area contributed by atoms with E-state index in [1.807, 2.05) is 32.9 Å². The number of ether oxygens (including phenoxy) is 3. The molecule has 0 spiro atoms. The monoisotopic (exact) mass is 451 g/mol. The second kappa shape index (κ2) is 11.0. The quantitative estimate of drug-likeness (QED) is 0.662. The highest BCUT2D eigenvalue weighted by molar-refractivity contribution is 7.59. The van der Waals surface area contributed by atoms with E-state index in [-0.39, 0.29) is 32.8 Å². The van der Waals surface area contributed by atoms with Crippen molar-refractivity contribution in [1.29, 1.82) is 0 Å². The molecule has 0 N–H and O–H groups in total. The SMILES string of the molecule is C.Cc1cc(OC[C@H]2CCCN([C@H](C)c3nc4c(cc3F)OCCO4)C2)cc(C)n1.S. The fourth-order valence-electron chi connectivity index (χ4n) is 4.11. The summed E-state index contributed by atoms with van der Waals surface area (Å²) < 4.78 is 31.7. The summed E-state index contributed by atoms with van der Waals surface area (Å²) in [4.78, 5) is 11.1. The molecule has 2 aromatic rings. The average molecular weight is 452 g/mol. The van der Waals surface area contributed by atoms with Crippen LogP contribution in [-0.2, 0) is 0 Å². The second-order valence-electron chi connectivity index (χ2n) is 7.93. The first-order valence-electron chi connectivity index (χ1n) is 10.3. The van der Waals surface area contributed by atoms with Crippen LogP contribution >= 0.6 is 13.5 Å². The molecule has 2 aliphatic rings. The molecule has 2 aliphatic heterocycles. The molecule has 0 radical (unpaired) electrons. The molecule has 1 fully saturated rings. The Hall–Kier alpha value is -2.06. The first-order chi connectivity index (χ1) is 14.0. The molecule has 4 heterocycles. The molecular weight excluding hydrogens is 417 g/mol. The smallest absolute Gasteiger partial charge is 0.257 e. The van der Waals surface area contributed by atoms with Gasteiger partial charge in [-0.15, -0.1) is 0 Å². The van der Waals surface area contributed by atoms with E-state index in [0.717, 1.165) is 43.1 Å². The fourth-order valence-corrected chi connectivity index (χ4v) is 4.11. The lowest BCUT2D eigenvalue weighted by atomic mass is 9.97. The zero-order chi connectivity index (χ0) is 20.4. The molecule has 0 bridgehead atoms. The molecule has 172 valence electrons.